The molecule has 0 spiro atoms. The summed E-state index contributed by atoms with van der Waals surface area (Å²) in [5.74, 6) is -0.478. The third-order valence-electron chi connectivity index (χ3n) is 3.35. The van der Waals surface area contributed by atoms with Gasteiger partial charge in [-0.05, 0) is 33.4 Å². The minimum absolute atomic E-state index is 0.144. The smallest absolute Gasteiger partial charge is 0.354 e. The van der Waals surface area contributed by atoms with Gasteiger partial charge in [-0.15, -0.1) is 0 Å². The van der Waals surface area contributed by atoms with Crippen LogP contribution in [0.2, 0.25) is 0 Å². The van der Waals surface area contributed by atoms with Gasteiger partial charge in [-0.25, -0.2) is 0 Å². The van der Waals surface area contributed by atoms with Crippen molar-refractivity contribution in [3.05, 3.63) is 0 Å². The maximum Gasteiger partial charge on any atom is 0.401 e. The lowest BCUT2D eigenvalue weighted by atomic mass is 9.97. The maximum atomic E-state index is 12.3. The maximum absolute atomic E-state index is 12.3. The summed E-state index contributed by atoms with van der Waals surface area (Å²) in [6.45, 7) is 2.10. The summed E-state index contributed by atoms with van der Waals surface area (Å²) < 4.78 is 37.0. The third-order valence-corrected chi connectivity index (χ3v) is 3.35. The number of likely N-dealkylation sites (tertiary alicyclic amines) is 1. The van der Waals surface area contributed by atoms with E-state index >= 15 is 0 Å². The highest BCUT2D eigenvalue weighted by atomic mass is 19.4. The predicted molar refractivity (Wildman–Crippen MR) is 66.8 cm³/mol. The van der Waals surface area contributed by atoms with Gasteiger partial charge in [0, 0.05) is 19.1 Å². The molecule has 1 saturated heterocycles. The van der Waals surface area contributed by atoms with Crippen molar-refractivity contribution in [3.8, 4) is 0 Å². The van der Waals surface area contributed by atoms with Crippen LogP contribution in [0.5, 0.6) is 0 Å². The number of hydrogen-bond acceptors (Lipinski definition) is 3. The molecule has 0 radical (unpaired) electrons. The van der Waals surface area contributed by atoms with Gasteiger partial charge in [0.05, 0.1) is 12.5 Å². The van der Waals surface area contributed by atoms with E-state index < -0.39 is 12.7 Å². The first-order chi connectivity index (χ1) is 8.81. The second-order valence-corrected chi connectivity index (χ2v) is 5.12. The fourth-order valence-corrected chi connectivity index (χ4v) is 2.17. The molecule has 112 valence electrons. The minimum Gasteiger partial charge on any atom is -0.354 e. The molecule has 7 heteroatoms. The van der Waals surface area contributed by atoms with Crippen LogP contribution in [-0.4, -0.2) is 56.3 Å². The number of amides is 1. The Morgan fingerprint density at radius 1 is 1.47 bits per heavy atom. The Morgan fingerprint density at radius 2 is 2.16 bits per heavy atom. The number of rotatable bonds is 5. The van der Waals surface area contributed by atoms with E-state index in [0.717, 1.165) is 0 Å². The highest BCUT2D eigenvalue weighted by Gasteiger charge is 2.34. The van der Waals surface area contributed by atoms with Crippen molar-refractivity contribution < 1.29 is 18.0 Å². The van der Waals surface area contributed by atoms with Crippen LogP contribution >= 0.6 is 0 Å². The molecule has 4 nitrogen and oxygen atoms in total. The van der Waals surface area contributed by atoms with Gasteiger partial charge >= 0.3 is 6.18 Å². The van der Waals surface area contributed by atoms with Crippen LogP contribution < -0.4 is 10.6 Å². The van der Waals surface area contributed by atoms with Crippen molar-refractivity contribution in [1.29, 1.82) is 0 Å². The first-order valence-electron chi connectivity index (χ1n) is 6.56. The largest absolute Gasteiger partial charge is 0.401 e. The van der Waals surface area contributed by atoms with Crippen LogP contribution in [0.25, 0.3) is 0 Å². The van der Waals surface area contributed by atoms with Gasteiger partial charge in [0.25, 0.3) is 0 Å². The van der Waals surface area contributed by atoms with Crippen molar-refractivity contribution in [2.24, 2.45) is 5.92 Å². The number of likely N-dealkylation sites (N-methyl/N-ethyl adjacent to an activating group) is 1. The van der Waals surface area contributed by atoms with E-state index in [-0.39, 0.29) is 24.4 Å². The van der Waals surface area contributed by atoms with Crippen molar-refractivity contribution in [2.75, 3.05) is 33.2 Å². The molecule has 1 rings (SSSR count). The molecule has 1 fully saturated rings. The number of carbonyl (C=O) groups is 1. The molecule has 0 aliphatic carbocycles. The van der Waals surface area contributed by atoms with E-state index in [1.807, 2.05) is 6.92 Å². The Kier molecular flexibility index (Phi) is 6.06. The van der Waals surface area contributed by atoms with Gasteiger partial charge in [0.15, 0.2) is 0 Å². The zero-order chi connectivity index (χ0) is 14.5. The zero-order valence-electron chi connectivity index (χ0n) is 11.4. The van der Waals surface area contributed by atoms with Crippen molar-refractivity contribution in [2.45, 2.75) is 32.0 Å². The van der Waals surface area contributed by atoms with E-state index in [1.165, 1.54) is 4.90 Å². The number of halogens is 3. The Hall–Kier alpha value is -0.820. The Labute approximate surface area is 111 Å². The van der Waals surface area contributed by atoms with Crippen LogP contribution in [0.1, 0.15) is 19.8 Å². The van der Waals surface area contributed by atoms with Crippen molar-refractivity contribution in [3.63, 3.8) is 0 Å². The number of alkyl halides is 3. The van der Waals surface area contributed by atoms with Crippen LogP contribution in [0.4, 0.5) is 13.2 Å². The third kappa shape index (κ3) is 6.24. The molecule has 2 N–H and O–H groups in total. The van der Waals surface area contributed by atoms with E-state index in [2.05, 4.69) is 10.6 Å². The molecule has 0 aromatic rings. The highest BCUT2D eigenvalue weighted by molar-refractivity contribution is 5.79. The molecule has 1 amide bonds. The summed E-state index contributed by atoms with van der Waals surface area (Å²) in [6.07, 6.45) is -2.90. The van der Waals surface area contributed by atoms with Crippen LogP contribution in [0, 0.1) is 5.92 Å². The van der Waals surface area contributed by atoms with Crippen LogP contribution in [0.15, 0.2) is 0 Å². The molecule has 19 heavy (non-hydrogen) atoms. The summed E-state index contributed by atoms with van der Waals surface area (Å²) in [7, 11) is 1.79. The molecule has 0 aromatic heterocycles. The van der Waals surface area contributed by atoms with Gasteiger partial charge in [0.1, 0.15) is 0 Å². The van der Waals surface area contributed by atoms with E-state index in [0.29, 0.717) is 25.9 Å². The van der Waals surface area contributed by atoms with Gasteiger partial charge in [0.2, 0.25) is 5.91 Å². The first kappa shape index (κ1) is 16.2. The Bertz CT molecular complexity index is 296. The molecular weight excluding hydrogens is 259 g/mol. The van der Waals surface area contributed by atoms with Crippen LogP contribution in [0.3, 0.4) is 0 Å². The normalized spacial score (nSPS) is 23.1. The molecule has 2 unspecified atom stereocenters. The summed E-state index contributed by atoms with van der Waals surface area (Å²) in [4.78, 5) is 13.2. The number of carbonyl (C=O) groups excluding carboxylic acids is 1. The first-order valence-corrected chi connectivity index (χ1v) is 6.56. The molecule has 1 aliphatic rings. The lowest BCUT2D eigenvalue weighted by molar-refractivity contribution is -0.152. The lowest BCUT2D eigenvalue weighted by Crippen LogP contribution is -2.47. The standard InChI is InChI=1S/C12H22F3N3O/c1-9(16-2)6-17-11(19)10-4-3-5-18(7-10)8-12(13,14)15/h9-10,16H,3-8H2,1-2H3,(H,17,19). The lowest BCUT2D eigenvalue weighted by Gasteiger charge is -2.32. The molecule has 0 aromatic carbocycles. The van der Waals surface area contributed by atoms with E-state index in [9.17, 15) is 18.0 Å². The number of nitrogens with one attached hydrogen (secondary N) is 2. The predicted octanol–water partition coefficient (Wildman–Crippen LogP) is 0.985. The van der Waals surface area contributed by atoms with E-state index in [4.69, 9.17) is 0 Å². The average molecular weight is 281 g/mol. The fraction of sp³-hybridized carbons (Fsp3) is 0.917. The van der Waals surface area contributed by atoms with Gasteiger partial charge in [-0.3, -0.25) is 9.69 Å². The average Bonchev–Trinajstić information content (AvgIpc) is 2.33. The molecule has 2 atom stereocenters. The van der Waals surface area contributed by atoms with Crippen molar-refractivity contribution >= 4 is 5.91 Å². The fourth-order valence-electron chi connectivity index (χ4n) is 2.17. The van der Waals surface area contributed by atoms with Gasteiger partial charge in [-0.1, -0.05) is 0 Å². The zero-order valence-corrected chi connectivity index (χ0v) is 11.4. The highest BCUT2D eigenvalue weighted by Crippen LogP contribution is 2.22. The summed E-state index contributed by atoms with van der Waals surface area (Å²) in [5.41, 5.74) is 0. The minimum atomic E-state index is -4.20. The second-order valence-electron chi connectivity index (χ2n) is 5.12. The number of nitrogens with zero attached hydrogens (tertiary/aromatic N) is 1. The second kappa shape index (κ2) is 7.09. The molecule has 0 bridgehead atoms. The number of hydrogen-bond donors (Lipinski definition) is 2. The Balaban J connectivity index is 2.39. The van der Waals surface area contributed by atoms with Gasteiger partial charge < -0.3 is 10.6 Å². The Morgan fingerprint density at radius 3 is 2.74 bits per heavy atom. The van der Waals surface area contributed by atoms with E-state index in [1.54, 1.807) is 7.05 Å². The molecule has 0 saturated carbocycles. The monoisotopic (exact) mass is 281 g/mol. The summed E-state index contributed by atoms with van der Waals surface area (Å²) >= 11 is 0. The summed E-state index contributed by atoms with van der Waals surface area (Å²) in [5, 5.41) is 5.77. The quantitative estimate of drug-likeness (QED) is 0.790. The SMILES string of the molecule is CNC(C)CNC(=O)C1CCCN(CC(F)(F)F)C1. The van der Waals surface area contributed by atoms with Gasteiger partial charge in [-0.2, -0.15) is 13.2 Å². The molecule has 1 aliphatic heterocycles. The number of piperidine rings is 1. The van der Waals surface area contributed by atoms with Crippen molar-refractivity contribution in [1.82, 2.24) is 15.5 Å². The molecule has 1 heterocycles. The van der Waals surface area contributed by atoms with Crippen LogP contribution in [-0.2, 0) is 4.79 Å². The summed E-state index contributed by atoms with van der Waals surface area (Å²) in [6, 6.07) is 0.152. The topological polar surface area (TPSA) is 44.4 Å². The molecular formula is C12H22F3N3O.